The van der Waals surface area contributed by atoms with Crippen molar-refractivity contribution in [2.45, 2.75) is 6.92 Å². The molecule has 1 heterocycles. The summed E-state index contributed by atoms with van der Waals surface area (Å²) >= 11 is 0. The second kappa shape index (κ2) is 8.41. The smallest absolute Gasteiger partial charge is 0.338 e. The van der Waals surface area contributed by atoms with Gasteiger partial charge < -0.3 is 4.74 Å². The fourth-order valence-corrected chi connectivity index (χ4v) is 4.23. The minimum atomic E-state index is -0.490. The number of hydrogen-bond donors (Lipinski definition) is 0. The second-order valence-electron chi connectivity index (χ2n) is 7.80. The van der Waals surface area contributed by atoms with Gasteiger partial charge in [0.2, 0.25) is 0 Å². The molecule has 2 amide bonds. The summed E-state index contributed by atoms with van der Waals surface area (Å²) in [5.74, 6) is -1.63. The van der Waals surface area contributed by atoms with E-state index in [4.69, 9.17) is 4.74 Å². The Balaban J connectivity index is 1.59. The van der Waals surface area contributed by atoms with Crippen LogP contribution in [0.4, 0.5) is 5.69 Å². The normalized spacial score (nSPS) is 12.7. The van der Waals surface area contributed by atoms with Gasteiger partial charge in [0, 0.05) is 27.6 Å². The molecule has 166 valence electrons. The van der Waals surface area contributed by atoms with Crippen molar-refractivity contribution in [1.82, 2.24) is 0 Å². The van der Waals surface area contributed by atoms with Gasteiger partial charge in [0.15, 0.2) is 5.78 Å². The molecule has 0 saturated heterocycles. The van der Waals surface area contributed by atoms with Gasteiger partial charge in [-0.05, 0) is 54.8 Å². The zero-order valence-electron chi connectivity index (χ0n) is 18.3. The Bertz CT molecular complexity index is 1450. The van der Waals surface area contributed by atoms with Gasteiger partial charge in [-0.2, -0.15) is 0 Å². The molecule has 1 aliphatic heterocycles. The van der Waals surface area contributed by atoms with Crippen LogP contribution in [0.15, 0.2) is 84.9 Å². The second-order valence-corrected chi connectivity index (χ2v) is 7.80. The fourth-order valence-electron chi connectivity index (χ4n) is 4.23. The number of ketones is 1. The van der Waals surface area contributed by atoms with E-state index < -0.39 is 17.8 Å². The molecular weight excluding hydrogens is 430 g/mol. The molecule has 6 nitrogen and oxygen atoms in total. The molecule has 0 saturated carbocycles. The van der Waals surface area contributed by atoms with E-state index in [1.165, 1.54) is 12.1 Å². The lowest BCUT2D eigenvalue weighted by Crippen LogP contribution is -2.40. The third kappa shape index (κ3) is 3.36. The van der Waals surface area contributed by atoms with Crippen LogP contribution < -0.4 is 4.90 Å². The highest BCUT2D eigenvalue weighted by Gasteiger charge is 2.35. The molecule has 0 bridgehead atoms. The first-order valence-corrected chi connectivity index (χ1v) is 10.8. The minimum absolute atomic E-state index is 0.179. The summed E-state index contributed by atoms with van der Waals surface area (Å²) in [6, 6.07) is 23.3. The standard InChI is InChI=1S/C28H19NO5/c1-2-34-28(33)18-11-13-19(14-12-18)29-26(31)22-10-6-9-20-21(15-16-23(24(20)22)27(29)32)25(30)17-7-4-3-5-8-17/h3-16H,2H2,1H3. The van der Waals surface area contributed by atoms with Gasteiger partial charge in [-0.3, -0.25) is 14.4 Å². The number of rotatable bonds is 5. The van der Waals surface area contributed by atoms with E-state index >= 15 is 0 Å². The highest BCUT2D eigenvalue weighted by molar-refractivity contribution is 6.37. The third-order valence-corrected chi connectivity index (χ3v) is 5.82. The Labute approximate surface area is 195 Å². The van der Waals surface area contributed by atoms with Gasteiger partial charge in [0.1, 0.15) is 0 Å². The Morgan fingerprint density at radius 1 is 0.735 bits per heavy atom. The third-order valence-electron chi connectivity index (χ3n) is 5.82. The van der Waals surface area contributed by atoms with Crippen LogP contribution in [0.5, 0.6) is 0 Å². The number of ether oxygens (including phenoxy) is 1. The highest BCUT2D eigenvalue weighted by Crippen LogP contribution is 2.35. The van der Waals surface area contributed by atoms with Crippen LogP contribution in [0.3, 0.4) is 0 Å². The number of imide groups is 1. The van der Waals surface area contributed by atoms with Crippen LogP contribution in [-0.4, -0.2) is 30.2 Å². The molecule has 0 atom stereocenters. The fraction of sp³-hybridized carbons (Fsp3) is 0.0714. The maximum atomic E-state index is 13.4. The summed E-state index contributed by atoms with van der Waals surface area (Å²) in [6.45, 7) is 1.97. The first-order valence-electron chi connectivity index (χ1n) is 10.8. The molecule has 0 aromatic heterocycles. The Hall–Kier alpha value is -4.58. The molecule has 4 aromatic carbocycles. The minimum Gasteiger partial charge on any atom is -0.462 e. The molecular formula is C28H19NO5. The Kier molecular flexibility index (Phi) is 5.26. The van der Waals surface area contributed by atoms with Crippen molar-refractivity contribution in [3.8, 4) is 0 Å². The highest BCUT2D eigenvalue weighted by atomic mass is 16.5. The van der Waals surface area contributed by atoms with E-state index in [0.717, 1.165) is 4.90 Å². The van der Waals surface area contributed by atoms with Crippen LogP contribution in [0.2, 0.25) is 0 Å². The average molecular weight is 449 g/mol. The number of carbonyl (C=O) groups is 4. The molecule has 4 aromatic rings. The van der Waals surface area contributed by atoms with E-state index in [1.54, 1.807) is 73.7 Å². The lowest BCUT2D eigenvalue weighted by Gasteiger charge is -2.27. The summed E-state index contributed by atoms with van der Waals surface area (Å²) in [6.07, 6.45) is 0. The molecule has 5 rings (SSSR count). The molecule has 1 aliphatic rings. The number of nitrogens with zero attached hydrogens (tertiary/aromatic N) is 1. The maximum Gasteiger partial charge on any atom is 0.338 e. The molecule has 34 heavy (non-hydrogen) atoms. The maximum absolute atomic E-state index is 13.4. The van der Waals surface area contributed by atoms with Crippen molar-refractivity contribution in [1.29, 1.82) is 0 Å². The first kappa shape index (κ1) is 21.3. The first-order chi connectivity index (χ1) is 16.5. The molecule has 0 radical (unpaired) electrons. The van der Waals surface area contributed by atoms with E-state index in [-0.39, 0.29) is 12.4 Å². The van der Waals surface area contributed by atoms with Crippen LogP contribution in [0.1, 0.15) is 53.9 Å². The van der Waals surface area contributed by atoms with Gasteiger partial charge >= 0.3 is 5.97 Å². The Morgan fingerprint density at radius 2 is 1.41 bits per heavy atom. The zero-order chi connectivity index (χ0) is 23.8. The summed E-state index contributed by atoms with van der Waals surface area (Å²) < 4.78 is 4.99. The van der Waals surface area contributed by atoms with Crippen molar-refractivity contribution in [2.75, 3.05) is 11.5 Å². The summed E-state index contributed by atoms with van der Waals surface area (Å²) in [5.41, 5.74) is 2.30. The molecule has 0 N–H and O–H groups in total. The van der Waals surface area contributed by atoms with Gasteiger partial charge in [0.25, 0.3) is 11.8 Å². The van der Waals surface area contributed by atoms with E-state index in [2.05, 4.69) is 0 Å². The van der Waals surface area contributed by atoms with Gasteiger partial charge in [-0.15, -0.1) is 0 Å². The van der Waals surface area contributed by atoms with E-state index in [9.17, 15) is 19.2 Å². The number of esters is 1. The summed E-state index contributed by atoms with van der Waals surface area (Å²) in [7, 11) is 0. The van der Waals surface area contributed by atoms with Crippen LogP contribution in [-0.2, 0) is 4.74 Å². The number of carbonyl (C=O) groups excluding carboxylic acids is 4. The van der Waals surface area contributed by atoms with Crippen molar-refractivity contribution < 1.29 is 23.9 Å². The summed E-state index contributed by atoms with van der Waals surface area (Å²) in [5, 5.41) is 1.03. The molecule has 6 heteroatoms. The van der Waals surface area contributed by atoms with Gasteiger partial charge in [-0.25, -0.2) is 9.69 Å². The quantitative estimate of drug-likeness (QED) is 0.242. The monoisotopic (exact) mass is 449 g/mol. The van der Waals surface area contributed by atoms with Gasteiger partial charge in [0.05, 0.1) is 17.9 Å². The topological polar surface area (TPSA) is 80.8 Å². The predicted octanol–water partition coefficient (Wildman–Crippen LogP) is 5.05. The molecule has 0 fully saturated rings. The van der Waals surface area contributed by atoms with Crippen molar-refractivity contribution in [2.24, 2.45) is 0 Å². The van der Waals surface area contributed by atoms with E-state index in [0.29, 0.717) is 44.3 Å². The van der Waals surface area contributed by atoms with Gasteiger partial charge in [-0.1, -0.05) is 42.5 Å². The van der Waals surface area contributed by atoms with Crippen LogP contribution >= 0.6 is 0 Å². The van der Waals surface area contributed by atoms with Crippen molar-refractivity contribution >= 4 is 40.0 Å². The predicted molar refractivity (Wildman–Crippen MR) is 127 cm³/mol. The number of amides is 2. The lowest BCUT2D eigenvalue weighted by molar-refractivity contribution is 0.0526. The lowest BCUT2D eigenvalue weighted by atomic mass is 9.88. The van der Waals surface area contributed by atoms with Crippen LogP contribution in [0, 0.1) is 0 Å². The van der Waals surface area contributed by atoms with Crippen LogP contribution in [0.25, 0.3) is 10.8 Å². The molecule has 0 unspecified atom stereocenters. The Morgan fingerprint density at radius 3 is 2.09 bits per heavy atom. The number of anilines is 1. The van der Waals surface area contributed by atoms with Crippen molar-refractivity contribution in [3.05, 3.63) is 113 Å². The SMILES string of the molecule is CCOC(=O)c1ccc(N2C(=O)c3cccc4c(C(=O)c5ccccc5)ccc(c34)C2=O)cc1. The molecule has 0 aliphatic carbocycles. The van der Waals surface area contributed by atoms with E-state index in [1.807, 2.05) is 6.07 Å². The zero-order valence-corrected chi connectivity index (χ0v) is 18.3. The number of hydrogen-bond acceptors (Lipinski definition) is 5. The molecule has 0 spiro atoms. The largest absolute Gasteiger partial charge is 0.462 e. The number of benzene rings is 4. The summed E-state index contributed by atoms with van der Waals surface area (Å²) in [4.78, 5) is 53.0. The van der Waals surface area contributed by atoms with Crippen molar-refractivity contribution in [3.63, 3.8) is 0 Å². The average Bonchev–Trinajstić information content (AvgIpc) is 2.87.